The van der Waals surface area contributed by atoms with Crippen LogP contribution < -0.4 is 21.1 Å². The average molecular weight is 249 g/mol. The van der Waals surface area contributed by atoms with E-state index in [1.165, 1.54) is 0 Å². The van der Waals surface area contributed by atoms with Gasteiger partial charge in [-0.15, -0.1) is 0 Å². The van der Waals surface area contributed by atoms with Crippen LogP contribution in [0.3, 0.4) is 0 Å². The van der Waals surface area contributed by atoms with Crippen molar-refractivity contribution in [1.29, 1.82) is 0 Å². The maximum absolute atomic E-state index is 11.8. The van der Waals surface area contributed by atoms with Crippen LogP contribution in [-0.2, 0) is 0 Å². The van der Waals surface area contributed by atoms with E-state index in [1.54, 1.807) is 19.2 Å². The molecule has 0 unspecified atom stereocenters. The number of nitrogens with one attached hydrogen (secondary N) is 2. The third kappa shape index (κ3) is 2.92. The lowest BCUT2D eigenvalue weighted by Gasteiger charge is -2.15. The minimum absolute atomic E-state index is 0.137. The zero-order chi connectivity index (χ0) is 13.0. The fraction of sp³-hybridized carbons (Fsp3) is 0.462. The molecule has 1 aromatic carbocycles. The van der Waals surface area contributed by atoms with Crippen LogP contribution in [-0.4, -0.2) is 26.2 Å². The van der Waals surface area contributed by atoms with Crippen LogP contribution >= 0.6 is 0 Å². The van der Waals surface area contributed by atoms with E-state index >= 15 is 0 Å². The Hall–Kier alpha value is -1.75. The quantitative estimate of drug-likeness (QED) is 0.741. The molecule has 1 fully saturated rings. The maximum Gasteiger partial charge on any atom is 0.319 e. The normalized spacial score (nSPS) is 15.9. The first-order valence-corrected chi connectivity index (χ1v) is 6.07. The standard InChI is InChI=1S/C13H19N3O2/c1-18-11-5-3-2-4-10(11)16-12(17)15-9-13(8-14)6-7-13/h2-5H,6-9,14H2,1H3,(H2,15,16,17). The minimum Gasteiger partial charge on any atom is -0.495 e. The number of carbonyl (C=O) groups excluding carboxylic acids is 1. The van der Waals surface area contributed by atoms with Gasteiger partial charge in [0.25, 0.3) is 0 Å². The average Bonchev–Trinajstić information content (AvgIpc) is 3.18. The van der Waals surface area contributed by atoms with Crippen LogP contribution in [0.25, 0.3) is 0 Å². The third-order valence-electron chi connectivity index (χ3n) is 3.37. The first kappa shape index (κ1) is 12.7. The number of benzene rings is 1. The number of rotatable bonds is 5. The minimum atomic E-state index is -0.223. The number of nitrogens with two attached hydrogens (primary N) is 1. The van der Waals surface area contributed by atoms with Crippen LogP contribution in [0.5, 0.6) is 5.75 Å². The van der Waals surface area contributed by atoms with Crippen molar-refractivity contribution in [2.45, 2.75) is 12.8 Å². The molecule has 1 aromatic rings. The van der Waals surface area contributed by atoms with Gasteiger partial charge >= 0.3 is 6.03 Å². The molecule has 0 aromatic heterocycles. The molecule has 98 valence electrons. The topological polar surface area (TPSA) is 76.4 Å². The second-order valence-corrected chi connectivity index (χ2v) is 4.71. The van der Waals surface area contributed by atoms with E-state index in [1.807, 2.05) is 12.1 Å². The number of methoxy groups -OCH3 is 1. The molecule has 0 aliphatic heterocycles. The molecule has 0 spiro atoms. The van der Waals surface area contributed by atoms with Crippen molar-refractivity contribution in [3.63, 3.8) is 0 Å². The molecule has 1 saturated carbocycles. The lowest BCUT2D eigenvalue weighted by molar-refractivity contribution is 0.249. The van der Waals surface area contributed by atoms with Crippen molar-refractivity contribution < 1.29 is 9.53 Å². The summed E-state index contributed by atoms with van der Waals surface area (Å²) in [6, 6.07) is 7.08. The van der Waals surface area contributed by atoms with Gasteiger partial charge in [-0.05, 0) is 31.5 Å². The van der Waals surface area contributed by atoms with Crippen molar-refractivity contribution in [3.8, 4) is 5.75 Å². The van der Waals surface area contributed by atoms with Gasteiger partial charge in [0.05, 0.1) is 12.8 Å². The van der Waals surface area contributed by atoms with Gasteiger partial charge in [0.1, 0.15) is 5.75 Å². The molecule has 4 N–H and O–H groups in total. The second-order valence-electron chi connectivity index (χ2n) is 4.71. The summed E-state index contributed by atoms with van der Waals surface area (Å²) in [4.78, 5) is 11.8. The summed E-state index contributed by atoms with van der Waals surface area (Å²) in [7, 11) is 1.58. The molecule has 2 rings (SSSR count). The molecule has 0 bridgehead atoms. The van der Waals surface area contributed by atoms with Crippen molar-refractivity contribution in [3.05, 3.63) is 24.3 Å². The number of hydrogen-bond acceptors (Lipinski definition) is 3. The summed E-state index contributed by atoms with van der Waals surface area (Å²) in [5.41, 5.74) is 6.46. The largest absolute Gasteiger partial charge is 0.495 e. The highest BCUT2D eigenvalue weighted by molar-refractivity contribution is 5.90. The van der Waals surface area contributed by atoms with Crippen LogP contribution in [0.2, 0.25) is 0 Å². The Kier molecular flexibility index (Phi) is 3.72. The SMILES string of the molecule is COc1ccccc1NC(=O)NCC1(CN)CC1. The number of ether oxygens (including phenoxy) is 1. The number of anilines is 1. The number of hydrogen-bond donors (Lipinski definition) is 3. The predicted octanol–water partition coefficient (Wildman–Crippen LogP) is 1.56. The summed E-state index contributed by atoms with van der Waals surface area (Å²) >= 11 is 0. The first-order chi connectivity index (χ1) is 8.69. The van der Waals surface area contributed by atoms with Gasteiger partial charge in [-0.2, -0.15) is 0 Å². The maximum atomic E-state index is 11.8. The van der Waals surface area contributed by atoms with Gasteiger partial charge in [0.15, 0.2) is 0 Å². The molecule has 5 heteroatoms. The van der Waals surface area contributed by atoms with E-state index in [9.17, 15) is 4.79 Å². The molecular formula is C13H19N3O2. The van der Waals surface area contributed by atoms with E-state index in [2.05, 4.69) is 10.6 Å². The summed E-state index contributed by atoms with van der Waals surface area (Å²) < 4.78 is 5.16. The van der Waals surface area contributed by atoms with E-state index in [-0.39, 0.29) is 11.4 Å². The highest BCUT2D eigenvalue weighted by Gasteiger charge is 2.41. The smallest absolute Gasteiger partial charge is 0.319 e. The molecule has 2 amide bonds. The molecule has 5 nitrogen and oxygen atoms in total. The second kappa shape index (κ2) is 5.27. The number of amides is 2. The molecule has 1 aliphatic rings. The van der Waals surface area contributed by atoms with Crippen LogP contribution in [0.15, 0.2) is 24.3 Å². The van der Waals surface area contributed by atoms with Gasteiger partial charge in [-0.25, -0.2) is 4.79 Å². The Morgan fingerprint density at radius 3 is 2.78 bits per heavy atom. The van der Waals surface area contributed by atoms with Crippen molar-refractivity contribution in [2.24, 2.45) is 11.1 Å². The zero-order valence-electron chi connectivity index (χ0n) is 10.5. The lowest BCUT2D eigenvalue weighted by Crippen LogP contribution is -2.36. The molecule has 0 heterocycles. The summed E-state index contributed by atoms with van der Waals surface area (Å²) in [6.07, 6.45) is 2.19. The summed E-state index contributed by atoms with van der Waals surface area (Å²) in [5, 5.41) is 5.62. The Labute approximate surface area is 107 Å². The molecule has 18 heavy (non-hydrogen) atoms. The molecule has 0 saturated heterocycles. The predicted molar refractivity (Wildman–Crippen MR) is 70.7 cm³/mol. The van der Waals surface area contributed by atoms with Gasteiger partial charge in [0.2, 0.25) is 0 Å². The summed E-state index contributed by atoms with van der Waals surface area (Å²) in [6.45, 7) is 1.26. The van der Waals surface area contributed by atoms with Gasteiger partial charge in [-0.1, -0.05) is 12.1 Å². The van der Waals surface area contributed by atoms with Gasteiger partial charge < -0.3 is 21.1 Å². The van der Waals surface area contributed by atoms with Crippen molar-refractivity contribution in [1.82, 2.24) is 5.32 Å². The Morgan fingerprint density at radius 2 is 2.17 bits per heavy atom. The van der Waals surface area contributed by atoms with Crippen LogP contribution in [0.1, 0.15) is 12.8 Å². The highest BCUT2D eigenvalue weighted by atomic mass is 16.5. The van der Waals surface area contributed by atoms with Crippen molar-refractivity contribution >= 4 is 11.7 Å². The monoisotopic (exact) mass is 249 g/mol. The summed E-state index contributed by atoms with van der Waals surface area (Å²) in [5.74, 6) is 0.646. The Balaban J connectivity index is 1.87. The van der Waals surface area contributed by atoms with Gasteiger partial charge in [0, 0.05) is 12.0 Å². The molecule has 0 atom stereocenters. The van der Waals surface area contributed by atoms with Crippen LogP contribution in [0, 0.1) is 5.41 Å². The van der Waals surface area contributed by atoms with E-state index in [0.717, 1.165) is 12.8 Å². The van der Waals surface area contributed by atoms with Crippen LogP contribution in [0.4, 0.5) is 10.5 Å². The lowest BCUT2D eigenvalue weighted by atomic mass is 10.1. The van der Waals surface area contributed by atoms with E-state index < -0.39 is 0 Å². The molecular weight excluding hydrogens is 230 g/mol. The molecule has 0 radical (unpaired) electrons. The van der Waals surface area contributed by atoms with Gasteiger partial charge in [-0.3, -0.25) is 0 Å². The third-order valence-corrected chi connectivity index (χ3v) is 3.37. The highest BCUT2D eigenvalue weighted by Crippen LogP contribution is 2.43. The Bertz CT molecular complexity index is 430. The van der Waals surface area contributed by atoms with E-state index in [4.69, 9.17) is 10.5 Å². The molecule has 1 aliphatic carbocycles. The zero-order valence-corrected chi connectivity index (χ0v) is 10.5. The Morgan fingerprint density at radius 1 is 1.44 bits per heavy atom. The number of urea groups is 1. The first-order valence-electron chi connectivity index (χ1n) is 6.07. The van der Waals surface area contributed by atoms with E-state index in [0.29, 0.717) is 24.5 Å². The fourth-order valence-electron chi connectivity index (χ4n) is 1.81. The number of carbonyl (C=O) groups is 1. The fourth-order valence-corrected chi connectivity index (χ4v) is 1.81. The number of para-hydroxylation sites is 2. The van der Waals surface area contributed by atoms with Crippen molar-refractivity contribution in [2.75, 3.05) is 25.5 Å².